The van der Waals surface area contributed by atoms with Crippen LogP contribution in [0.2, 0.25) is 5.02 Å². The molecular formula is C12H17ClN2O2. The number of carbonyl (C=O) groups excluding carboxylic acids is 1. The van der Waals surface area contributed by atoms with Gasteiger partial charge < -0.3 is 15.8 Å². The Morgan fingerprint density at radius 2 is 2.29 bits per heavy atom. The van der Waals surface area contributed by atoms with Gasteiger partial charge in [0.05, 0.1) is 6.04 Å². The van der Waals surface area contributed by atoms with Crippen molar-refractivity contribution in [2.45, 2.75) is 19.1 Å². The Bertz CT molecular complexity index is 381. The largest absolute Gasteiger partial charge is 0.370 e. The van der Waals surface area contributed by atoms with Crippen LogP contribution in [0.5, 0.6) is 0 Å². The van der Waals surface area contributed by atoms with Gasteiger partial charge in [0.2, 0.25) is 0 Å². The Kier molecular flexibility index (Phi) is 5.41. The van der Waals surface area contributed by atoms with Crippen LogP contribution in [0.15, 0.2) is 24.3 Å². The van der Waals surface area contributed by atoms with Crippen LogP contribution in [-0.2, 0) is 9.53 Å². The van der Waals surface area contributed by atoms with Crippen LogP contribution in [0.1, 0.15) is 18.5 Å². The summed E-state index contributed by atoms with van der Waals surface area (Å²) < 4.78 is 4.96. The smallest absolute Gasteiger partial charge is 0.250 e. The van der Waals surface area contributed by atoms with Gasteiger partial charge in [-0.3, -0.25) is 4.79 Å². The quantitative estimate of drug-likeness (QED) is 0.839. The lowest BCUT2D eigenvalue weighted by Gasteiger charge is -2.18. The molecule has 1 amide bonds. The number of hydrogen-bond donors (Lipinski definition) is 2. The summed E-state index contributed by atoms with van der Waals surface area (Å²) in [7, 11) is 1.46. The second-order valence-corrected chi connectivity index (χ2v) is 4.18. The minimum atomic E-state index is -0.614. The van der Waals surface area contributed by atoms with Gasteiger partial charge >= 0.3 is 0 Å². The van der Waals surface area contributed by atoms with Crippen LogP contribution in [0.3, 0.4) is 0 Å². The fraction of sp³-hybridized carbons (Fsp3) is 0.417. The van der Waals surface area contributed by atoms with Crippen LogP contribution >= 0.6 is 11.6 Å². The molecule has 0 aromatic heterocycles. The first-order valence-corrected chi connectivity index (χ1v) is 5.75. The molecule has 4 nitrogen and oxygen atoms in total. The van der Waals surface area contributed by atoms with E-state index >= 15 is 0 Å². The van der Waals surface area contributed by atoms with Crippen molar-refractivity contribution in [1.29, 1.82) is 0 Å². The van der Waals surface area contributed by atoms with E-state index in [1.54, 1.807) is 6.07 Å². The highest BCUT2D eigenvalue weighted by molar-refractivity contribution is 6.30. The van der Waals surface area contributed by atoms with Crippen molar-refractivity contribution in [2.75, 3.05) is 13.7 Å². The molecule has 0 fully saturated rings. The Morgan fingerprint density at radius 1 is 1.59 bits per heavy atom. The average Bonchev–Trinajstić information content (AvgIpc) is 2.30. The van der Waals surface area contributed by atoms with Gasteiger partial charge in [-0.05, 0) is 24.6 Å². The van der Waals surface area contributed by atoms with E-state index in [0.717, 1.165) is 5.56 Å². The van der Waals surface area contributed by atoms with Gasteiger partial charge in [-0.25, -0.2) is 0 Å². The number of ether oxygens (including phenoxy) is 1. The van der Waals surface area contributed by atoms with Crippen molar-refractivity contribution in [2.24, 2.45) is 5.73 Å². The molecule has 0 aliphatic heterocycles. The van der Waals surface area contributed by atoms with E-state index in [-0.39, 0.29) is 18.5 Å². The zero-order valence-corrected chi connectivity index (χ0v) is 10.7. The third-order valence-electron chi connectivity index (χ3n) is 2.50. The monoisotopic (exact) mass is 256 g/mol. The van der Waals surface area contributed by atoms with Gasteiger partial charge in [-0.2, -0.15) is 0 Å². The second kappa shape index (κ2) is 6.59. The van der Waals surface area contributed by atoms with Crippen LogP contribution < -0.4 is 11.1 Å². The van der Waals surface area contributed by atoms with E-state index in [1.807, 2.05) is 25.1 Å². The number of benzene rings is 1. The van der Waals surface area contributed by atoms with Crippen molar-refractivity contribution >= 4 is 17.5 Å². The highest BCUT2D eigenvalue weighted by atomic mass is 35.5. The maximum atomic E-state index is 11.7. The predicted octanol–water partition coefficient (Wildman–Crippen LogP) is 1.49. The summed E-state index contributed by atoms with van der Waals surface area (Å²) in [5, 5.41) is 3.47. The number of hydrogen-bond acceptors (Lipinski definition) is 3. The van der Waals surface area contributed by atoms with Gasteiger partial charge in [-0.15, -0.1) is 0 Å². The van der Waals surface area contributed by atoms with E-state index in [2.05, 4.69) is 5.32 Å². The topological polar surface area (TPSA) is 64.3 Å². The molecule has 1 rings (SSSR count). The molecule has 94 valence electrons. The van der Waals surface area contributed by atoms with E-state index in [9.17, 15) is 4.79 Å². The van der Waals surface area contributed by atoms with Gasteiger partial charge in [0, 0.05) is 18.7 Å². The van der Waals surface area contributed by atoms with Crippen LogP contribution in [0, 0.1) is 0 Å². The lowest BCUT2D eigenvalue weighted by molar-refractivity contribution is -0.131. The lowest BCUT2D eigenvalue weighted by Crippen LogP contribution is -2.41. The van der Waals surface area contributed by atoms with Gasteiger partial charge in [-0.1, -0.05) is 23.7 Å². The zero-order valence-electron chi connectivity index (χ0n) is 9.94. The summed E-state index contributed by atoms with van der Waals surface area (Å²) in [5.41, 5.74) is 6.36. The molecule has 2 atom stereocenters. The number of methoxy groups -OCH3 is 1. The first-order valence-electron chi connectivity index (χ1n) is 5.37. The third-order valence-corrected chi connectivity index (χ3v) is 2.73. The molecule has 0 heterocycles. The number of amides is 1. The van der Waals surface area contributed by atoms with Gasteiger partial charge in [0.25, 0.3) is 5.91 Å². The molecule has 1 unspecified atom stereocenters. The van der Waals surface area contributed by atoms with Crippen molar-refractivity contribution < 1.29 is 9.53 Å². The Hall–Kier alpha value is -1.10. The van der Waals surface area contributed by atoms with E-state index < -0.39 is 6.10 Å². The number of nitrogens with two attached hydrogens (primary N) is 1. The molecule has 0 bridgehead atoms. The zero-order chi connectivity index (χ0) is 12.8. The molecule has 0 saturated carbocycles. The van der Waals surface area contributed by atoms with Crippen LogP contribution in [0.4, 0.5) is 0 Å². The highest BCUT2D eigenvalue weighted by Gasteiger charge is 2.18. The molecule has 1 aromatic rings. The van der Waals surface area contributed by atoms with Crippen LogP contribution in [0.25, 0.3) is 0 Å². The third kappa shape index (κ3) is 4.00. The SMILES string of the molecule is COC(CN)C(=O)N[C@@H](C)c1cccc(Cl)c1. The minimum Gasteiger partial charge on any atom is -0.370 e. The predicted molar refractivity (Wildman–Crippen MR) is 67.9 cm³/mol. The summed E-state index contributed by atoms with van der Waals surface area (Å²) in [6.45, 7) is 2.04. The molecule has 17 heavy (non-hydrogen) atoms. The fourth-order valence-corrected chi connectivity index (χ4v) is 1.67. The maximum absolute atomic E-state index is 11.7. The molecule has 3 N–H and O–H groups in total. The average molecular weight is 257 g/mol. The Labute approximate surface area is 106 Å². The summed E-state index contributed by atoms with van der Waals surface area (Å²) in [6.07, 6.45) is -0.614. The van der Waals surface area contributed by atoms with Crippen LogP contribution in [-0.4, -0.2) is 25.7 Å². The van der Waals surface area contributed by atoms with Gasteiger partial charge in [0.1, 0.15) is 6.10 Å². The van der Waals surface area contributed by atoms with Crippen molar-refractivity contribution in [3.8, 4) is 0 Å². The number of halogens is 1. The Balaban J connectivity index is 2.66. The molecule has 0 radical (unpaired) electrons. The minimum absolute atomic E-state index is 0.134. The molecule has 1 aromatic carbocycles. The molecule has 0 aliphatic carbocycles. The number of carbonyl (C=O) groups is 1. The standard InChI is InChI=1S/C12H17ClN2O2/c1-8(9-4-3-5-10(13)6-9)15-12(16)11(7-14)17-2/h3-6,8,11H,7,14H2,1-2H3,(H,15,16)/t8-,11?/m0/s1. The van der Waals surface area contributed by atoms with Crippen molar-refractivity contribution in [3.05, 3.63) is 34.9 Å². The van der Waals surface area contributed by atoms with E-state index in [0.29, 0.717) is 5.02 Å². The highest BCUT2D eigenvalue weighted by Crippen LogP contribution is 2.17. The lowest BCUT2D eigenvalue weighted by atomic mass is 10.1. The van der Waals surface area contributed by atoms with E-state index in [1.165, 1.54) is 7.11 Å². The van der Waals surface area contributed by atoms with Crippen molar-refractivity contribution in [3.63, 3.8) is 0 Å². The maximum Gasteiger partial charge on any atom is 0.250 e. The van der Waals surface area contributed by atoms with Gasteiger partial charge in [0.15, 0.2) is 0 Å². The summed E-state index contributed by atoms with van der Waals surface area (Å²) in [5.74, 6) is -0.220. The molecule has 0 aliphatic rings. The van der Waals surface area contributed by atoms with Crippen molar-refractivity contribution in [1.82, 2.24) is 5.32 Å². The summed E-state index contributed by atoms with van der Waals surface area (Å²) in [6, 6.07) is 7.22. The number of nitrogens with one attached hydrogen (secondary N) is 1. The summed E-state index contributed by atoms with van der Waals surface area (Å²) in [4.78, 5) is 11.7. The molecule has 0 spiro atoms. The first-order chi connectivity index (χ1) is 8.08. The first kappa shape index (κ1) is 14.0. The normalized spacial score (nSPS) is 14.1. The number of rotatable bonds is 5. The second-order valence-electron chi connectivity index (χ2n) is 3.75. The van der Waals surface area contributed by atoms with E-state index in [4.69, 9.17) is 22.1 Å². The fourth-order valence-electron chi connectivity index (χ4n) is 1.48. The molecule has 5 heteroatoms. The Morgan fingerprint density at radius 3 is 2.82 bits per heavy atom. The summed E-state index contributed by atoms with van der Waals surface area (Å²) >= 11 is 5.89. The molecular weight excluding hydrogens is 240 g/mol. The molecule has 0 saturated heterocycles.